The van der Waals surface area contributed by atoms with E-state index in [4.69, 9.17) is 27.2 Å². The minimum Gasteiger partial charge on any atom is -0.456 e. The molecule has 1 saturated heterocycles. The maximum atomic E-state index is 12.6. The van der Waals surface area contributed by atoms with E-state index in [2.05, 4.69) is 60.4 Å². The lowest BCUT2D eigenvalue weighted by atomic mass is 10.1. The highest BCUT2D eigenvalue weighted by atomic mass is 28.5. The Kier molecular flexibility index (Phi) is 11.7. The van der Waals surface area contributed by atoms with Gasteiger partial charge in [0.25, 0.3) is 5.56 Å². The van der Waals surface area contributed by atoms with Gasteiger partial charge in [0.05, 0.1) is 6.61 Å². The highest BCUT2D eigenvalue weighted by Gasteiger charge is 2.57. The summed E-state index contributed by atoms with van der Waals surface area (Å²) in [6, 6.07) is 1.15. The summed E-state index contributed by atoms with van der Waals surface area (Å²) in [5.41, 5.74) is -1.04. The predicted octanol–water partition coefficient (Wildman–Crippen LogP) is 3.50. The topological polar surface area (TPSA) is 144 Å². The SMILES string of the molecule is CO[Si](O[Si](OC[C@H]1O[C@@H](n2ccc(=O)[nH]c2=O)[C@H](OC(C)=O)[C@@H]1OC(C)=O)(C(C)C)C(C)C)(C(C)C)C(C)C. The molecular weight excluding hydrogens is 556 g/mol. The normalized spacial score (nSPS) is 22.0. The number of carbonyl (C=O) groups excluding carboxylic acids is 2. The van der Waals surface area contributed by atoms with Gasteiger partial charge in [0.15, 0.2) is 18.4 Å². The molecule has 0 aliphatic carbocycles. The standard InChI is InChI=1S/C26H46N2O10Si2/c1-15(2)39(33-11,16(3)4)38-40(17(5)6,18(7)8)34-14-21-23(35-19(9)29)24(36-20(10)30)25(37-21)28-13-12-22(31)27-26(28)32/h12-13,15-18,21,23-25H,14H2,1-11H3,(H,27,31,32)/t21-,23-,24-,25-/m1/s1. The molecule has 2 heterocycles. The summed E-state index contributed by atoms with van der Waals surface area (Å²) in [7, 11) is -4.11. The van der Waals surface area contributed by atoms with Gasteiger partial charge >= 0.3 is 34.8 Å². The maximum absolute atomic E-state index is 12.6. The van der Waals surface area contributed by atoms with Crippen LogP contribution in [0.15, 0.2) is 21.9 Å². The third-order valence-electron chi connectivity index (χ3n) is 7.35. The summed E-state index contributed by atoms with van der Waals surface area (Å²) >= 11 is 0. The zero-order valence-corrected chi connectivity index (χ0v) is 27.5. The third-order valence-corrected chi connectivity index (χ3v) is 17.6. The van der Waals surface area contributed by atoms with E-state index in [0.717, 1.165) is 10.6 Å². The second kappa shape index (κ2) is 13.7. The molecule has 0 radical (unpaired) electrons. The fraction of sp³-hybridized carbons (Fsp3) is 0.769. The summed E-state index contributed by atoms with van der Waals surface area (Å²) in [5, 5.41) is 0. The van der Waals surface area contributed by atoms with Crippen LogP contribution in [0.1, 0.15) is 75.5 Å². The number of H-pyrrole nitrogens is 1. The second-order valence-corrected chi connectivity index (χ2v) is 20.4. The van der Waals surface area contributed by atoms with Crippen molar-refractivity contribution in [2.45, 2.75) is 116 Å². The Morgan fingerprint density at radius 2 is 1.40 bits per heavy atom. The van der Waals surface area contributed by atoms with Crippen LogP contribution in [0, 0.1) is 0 Å². The van der Waals surface area contributed by atoms with E-state index in [1.807, 2.05) is 0 Å². The molecule has 1 aliphatic heterocycles. The minimum atomic E-state index is -3.05. The lowest BCUT2D eigenvalue weighted by Gasteiger charge is -2.47. The van der Waals surface area contributed by atoms with Crippen LogP contribution < -0.4 is 11.2 Å². The number of hydrogen-bond acceptors (Lipinski definition) is 10. The summed E-state index contributed by atoms with van der Waals surface area (Å²) in [6.07, 6.45) is -3.12. The average molecular weight is 603 g/mol. The zero-order chi connectivity index (χ0) is 30.6. The van der Waals surface area contributed by atoms with Crippen molar-refractivity contribution in [2.75, 3.05) is 13.7 Å². The average Bonchev–Trinajstić information content (AvgIpc) is 3.14. The number of nitrogens with zero attached hydrogens (tertiary/aromatic N) is 1. The molecule has 14 heteroatoms. The van der Waals surface area contributed by atoms with E-state index in [-0.39, 0.29) is 28.8 Å². The zero-order valence-electron chi connectivity index (χ0n) is 25.5. The number of aromatic nitrogens is 2. The number of nitrogens with one attached hydrogen (secondary N) is 1. The molecule has 228 valence electrons. The van der Waals surface area contributed by atoms with Gasteiger partial charge in [0.2, 0.25) is 0 Å². The summed E-state index contributed by atoms with van der Waals surface area (Å²) in [6.45, 7) is 19.0. The molecule has 0 aromatic carbocycles. The van der Waals surface area contributed by atoms with Crippen LogP contribution >= 0.6 is 0 Å². The van der Waals surface area contributed by atoms with Gasteiger partial charge in [-0.3, -0.25) is 23.9 Å². The summed E-state index contributed by atoms with van der Waals surface area (Å²) in [5.74, 6) is -1.28. The van der Waals surface area contributed by atoms with Gasteiger partial charge in [-0.15, -0.1) is 0 Å². The molecule has 0 saturated carbocycles. The van der Waals surface area contributed by atoms with E-state index in [1.165, 1.54) is 20.0 Å². The van der Waals surface area contributed by atoms with Crippen LogP contribution in [0.25, 0.3) is 0 Å². The first-order valence-electron chi connectivity index (χ1n) is 13.7. The highest BCUT2D eigenvalue weighted by molar-refractivity contribution is 6.83. The van der Waals surface area contributed by atoms with Gasteiger partial charge in [-0.05, 0) is 22.2 Å². The van der Waals surface area contributed by atoms with Gasteiger partial charge in [-0.2, -0.15) is 0 Å². The van der Waals surface area contributed by atoms with Gasteiger partial charge < -0.3 is 27.2 Å². The molecule has 1 N–H and O–H groups in total. The molecule has 0 amide bonds. The molecule has 40 heavy (non-hydrogen) atoms. The van der Waals surface area contributed by atoms with Crippen molar-refractivity contribution < 1.29 is 36.8 Å². The molecule has 12 nitrogen and oxygen atoms in total. The minimum absolute atomic E-state index is 0.0162. The van der Waals surface area contributed by atoms with Crippen LogP contribution in [0.4, 0.5) is 0 Å². The maximum Gasteiger partial charge on any atom is 0.334 e. The number of carbonyl (C=O) groups is 2. The first-order chi connectivity index (χ1) is 18.5. The highest BCUT2D eigenvalue weighted by Crippen LogP contribution is 2.44. The van der Waals surface area contributed by atoms with Crippen LogP contribution in [0.5, 0.6) is 0 Å². The molecule has 1 aliphatic rings. The summed E-state index contributed by atoms with van der Waals surface area (Å²) in [4.78, 5) is 50.6. The Balaban J connectivity index is 2.55. The molecule has 0 bridgehead atoms. The monoisotopic (exact) mass is 602 g/mol. The van der Waals surface area contributed by atoms with Crippen molar-refractivity contribution in [3.8, 4) is 0 Å². The van der Waals surface area contributed by atoms with Crippen molar-refractivity contribution in [3.63, 3.8) is 0 Å². The Morgan fingerprint density at radius 3 is 1.82 bits per heavy atom. The first-order valence-corrected chi connectivity index (χ1v) is 17.7. The van der Waals surface area contributed by atoms with E-state index >= 15 is 0 Å². The van der Waals surface area contributed by atoms with Crippen LogP contribution in [-0.4, -0.2) is 70.6 Å². The van der Waals surface area contributed by atoms with Gasteiger partial charge in [0, 0.05) is 33.2 Å². The Morgan fingerprint density at radius 1 is 0.900 bits per heavy atom. The van der Waals surface area contributed by atoms with E-state index in [1.54, 1.807) is 7.11 Å². The van der Waals surface area contributed by atoms with Crippen LogP contribution in [0.2, 0.25) is 22.2 Å². The molecular formula is C26H46N2O10Si2. The number of hydrogen-bond donors (Lipinski definition) is 1. The summed E-state index contributed by atoms with van der Waals surface area (Å²) < 4.78 is 38.5. The fourth-order valence-electron chi connectivity index (χ4n) is 5.49. The van der Waals surface area contributed by atoms with E-state index in [9.17, 15) is 19.2 Å². The number of rotatable bonds is 13. The van der Waals surface area contributed by atoms with Crippen LogP contribution in [0.3, 0.4) is 0 Å². The van der Waals surface area contributed by atoms with E-state index < -0.39 is 64.8 Å². The Bertz CT molecular complexity index is 1120. The number of aromatic amines is 1. The first kappa shape index (κ1) is 34.1. The molecule has 1 aromatic heterocycles. The van der Waals surface area contributed by atoms with Gasteiger partial charge in [-0.25, -0.2) is 4.79 Å². The van der Waals surface area contributed by atoms with Crippen molar-refractivity contribution >= 4 is 29.1 Å². The Labute approximate surface area is 238 Å². The lowest BCUT2D eigenvalue weighted by molar-refractivity contribution is -0.165. The molecule has 4 atom stereocenters. The molecule has 1 aromatic rings. The van der Waals surface area contributed by atoms with Crippen molar-refractivity contribution in [3.05, 3.63) is 33.1 Å². The van der Waals surface area contributed by atoms with Gasteiger partial charge in [0.1, 0.15) is 6.10 Å². The molecule has 0 unspecified atom stereocenters. The predicted molar refractivity (Wildman–Crippen MR) is 152 cm³/mol. The van der Waals surface area contributed by atoms with Crippen molar-refractivity contribution in [1.29, 1.82) is 0 Å². The fourth-order valence-corrected chi connectivity index (χ4v) is 16.5. The van der Waals surface area contributed by atoms with E-state index in [0.29, 0.717) is 0 Å². The number of esters is 2. The van der Waals surface area contributed by atoms with Crippen LogP contribution in [-0.2, 0) is 36.8 Å². The third kappa shape index (κ3) is 7.20. The molecule has 2 rings (SSSR count). The quantitative estimate of drug-likeness (QED) is 0.263. The van der Waals surface area contributed by atoms with Gasteiger partial charge in [-0.1, -0.05) is 55.4 Å². The largest absolute Gasteiger partial charge is 0.456 e. The Hall–Kier alpha value is -2.11. The second-order valence-electron chi connectivity index (χ2n) is 11.4. The smallest absolute Gasteiger partial charge is 0.334 e. The molecule has 1 fully saturated rings. The van der Waals surface area contributed by atoms with Crippen molar-refractivity contribution in [1.82, 2.24) is 9.55 Å². The molecule has 0 spiro atoms. The number of ether oxygens (including phenoxy) is 3. The lowest BCUT2D eigenvalue weighted by Crippen LogP contribution is -2.61. The van der Waals surface area contributed by atoms with Crippen molar-refractivity contribution in [2.24, 2.45) is 0 Å².